The lowest BCUT2D eigenvalue weighted by atomic mass is 9.35. The van der Waals surface area contributed by atoms with Crippen LogP contribution in [0.4, 0.5) is 17.1 Å². The van der Waals surface area contributed by atoms with Crippen LogP contribution in [0.15, 0.2) is 186 Å². The topological polar surface area (TPSA) is 36.9 Å². The highest BCUT2D eigenvalue weighted by Crippen LogP contribution is 2.48. The van der Waals surface area contributed by atoms with E-state index in [0.717, 1.165) is 66.3 Å². The number of nitriles is 1. The predicted octanol–water partition coefficient (Wildman–Crippen LogP) is 16.7. The molecule has 0 saturated carbocycles. The number of anilines is 3. The number of halogens is 1. The highest BCUT2D eigenvalue weighted by atomic mass is 35.5. The second-order valence-electron chi connectivity index (χ2n) is 23.5. The molecule has 0 spiro atoms. The summed E-state index contributed by atoms with van der Waals surface area (Å²) in [5.74, 6) is 0. The molecule has 2 aromatic heterocycles. The lowest BCUT2D eigenvalue weighted by molar-refractivity contribution is 0.590. The molecule has 0 radical (unpaired) electrons. The Morgan fingerprint density at radius 3 is 1.54 bits per heavy atom. The molecule has 74 heavy (non-hydrogen) atoms. The first-order valence-corrected chi connectivity index (χ1v) is 27.0. The van der Waals surface area contributed by atoms with Gasteiger partial charge in [-0.05, 0) is 146 Å². The third kappa shape index (κ3) is 7.26. The average molecular weight is 996 g/mol. The zero-order valence-corrected chi connectivity index (χ0v) is 45.0. The number of hydrogen-bond acceptors (Lipinski definition) is 3. The molecule has 0 N–H and O–H groups in total. The standard InChI is InChI=1S/C67H56BClN4S/c1-65(2,3)42-20-28-57-50(32-42)49-31-40(39-70)19-27-56(49)72(57)47-24-26-54-62(38-47)74-63-36-45(69)35-61-64(63)68(54)53-25-23-46(37-60(53)73(61)55-18-14-13-17-48(55)41-15-11-10-12-16-41)71-58-29-21-43(66(4,5)6)33-51(58)52-34-44(67(7,8)9)22-30-59(52)71/h10-38H,1-9H3. The van der Waals surface area contributed by atoms with Crippen LogP contribution in [0, 0.1) is 11.3 Å². The van der Waals surface area contributed by atoms with Crippen LogP contribution in [0.25, 0.3) is 66.1 Å². The monoisotopic (exact) mass is 994 g/mol. The molecule has 0 saturated heterocycles. The number of nitrogens with zero attached hydrogens (tertiary/aromatic N) is 4. The summed E-state index contributed by atoms with van der Waals surface area (Å²) in [7, 11) is 0. The zero-order chi connectivity index (χ0) is 51.2. The second-order valence-corrected chi connectivity index (χ2v) is 25.0. The van der Waals surface area contributed by atoms with Crippen LogP contribution in [-0.2, 0) is 16.2 Å². The van der Waals surface area contributed by atoms with E-state index in [-0.39, 0.29) is 23.0 Å². The van der Waals surface area contributed by atoms with Gasteiger partial charge in [-0.3, -0.25) is 0 Å². The van der Waals surface area contributed by atoms with E-state index >= 15 is 0 Å². The average Bonchev–Trinajstić information content (AvgIpc) is 3.89. The number of para-hydroxylation sites is 1. The Labute approximate surface area is 443 Å². The van der Waals surface area contributed by atoms with E-state index in [0.29, 0.717) is 10.6 Å². The Morgan fingerprint density at radius 2 is 0.973 bits per heavy atom. The van der Waals surface area contributed by atoms with Crippen LogP contribution < -0.4 is 21.3 Å². The van der Waals surface area contributed by atoms with Crippen molar-refractivity contribution in [2.45, 2.75) is 88.3 Å². The Balaban J connectivity index is 1.06. The van der Waals surface area contributed by atoms with Crippen LogP contribution in [0.3, 0.4) is 0 Å². The minimum Gasteiger partial charge on any atom is -0.311 e. The normalized spacial score (nSPS) is 13.4. The van der Waals surface area contributed by atoms with Gasteiger partial charge in [-0.15, -0.1) is 0 Å². The van der Waals surface area contributed by atoms with Crippen molar-refractivity contribution in [1.82, 2.24) is 9.13 Å². The molecule has 4 heterocycles. The van der Waals surface area contributed by atoms with E-state index in [9.17, 15) is 5.26 Å². The van der Waals surface area contributed by atoms with E-state index in [1.165, 1.54) is 59.8 Å². The van der Waals surface area contributed by atoms with Crippen molar-refractivity contribution in [2.24, 2.45) is 0 Å². The fraction of sp³-hybridized carbons (Fsp3) is 0.179. The largest absolute Gasteiger partial charge is 0.311 e. The molecule has 2 aliphatic rings. The molecule has 13 rings (SSSR count). The van der Waals surface area contributed by atoms with Crippen LogP contribution in [0.1, 0.15) is 84.6 Å². The van der Waals surface area contributed by atoms with Gasteiger partial charge in [0.2, 0.25) is 6.71 Å². The van der Waals surface area contributed by atoms with Crippen molar-refractivity contribution < 1.29 is 0 Å². The van der Waals surface area contributed by atoms with Crippen molar-refractivity contribution >= 4 is 107 Å². The van der Waals surface area contributed by atoms with Crippen LogP contribution in [0.5, 0.6) is 0 Å². The van der Waals surface area contributed by atoms with Crippen LogP contribution in [-0.4, -0.2) is 15.8 Å². The first-order chi connectivity index (χ1) is 35.4. The summed E-state index contributed by atoms with van der Waals surface area (Å²) in [5.41, 5.74) is 20.6. The summed E-state index contributed by atoms with van der Waals surface area (Å²) < 4.78 is 4.86. The third-order valence-corrected chi connectivity index (χ3v) is 17.1. The quantitative estimate of drug-likeness (QED) is 0.165. The van der Waals surface area contributed by atoms with Gasteiger partial charge in [-0.25, -0.2) is 0 Å². The molecule has 0 aliphatic carbocycles. The molecule has 0 atom stereocenters. The smallest absolute Gasteiger partial charge is 0.249 e. The van der Waals surface area contributed by atoms with Crippen molar-refractivity contribution in [2.75, 3.05) is 4.90 Å². The van der Waals surface area contributed by atoms with Crippen molar-refractivity contribution in [3.05, 3.63) is 203 Å². The minimum absolute atomic E-state index is 0.00668. The number of benzene rings is 9. The SMILES string of the molecule is CC(C)(C)c1ccc2c(c1)c1cc(C#N)ccc1n2-c1ccc2c(c1)Sc1cc(Cl)cc3c1B2c1ccc(-n2c4ccc(C(C)(C)C)cc4c4cc(C(C)(C)C)ccc42)cc1N3c1ccccc1-c1ccccc1. The van der Waals surface area contributed by atoms with Crippen LogP contribution in [0.2, 0.25) is 5.02 Å². The summed E-state index contributed by atoms with van der Waals surface area (Å²) >= 11 is 9.18. The fourth-order valence-electron chi connectivity index (χ4n) is 11.8. The van der Waals surface area contributed by atoms with Gasteiger partial charge in [0, 0.05) is 64.7 Å². The van der Waals surface area contributed by atoms with E-state index in [1.807, 2.05) is 23.9 Å². The highest BCUT2D eigenvalue weighted by molar-refractivity contribution is 8.00. The van der Waals surface area contributed by atoms with E-state index in [4.69, 9.17) is 11.6 Å². The van der Waals surface area contributed by atoms with Crippen molar-refractivity contribution in [1.29, 1.82) is 5.26 Å². The van der Waals surface area contributed by atoms with Crippen molar-refractivity contribution in [3.8, 4) is 28.6 Å². The molecule has 0 bridgehead atoms. The molecular weight excluding hydrogens is 939 g/mol. The van der Waals surface area contributed by atoms with Gasteiger partial charge in [0.15, 0.2) is 0 Å². The molecule has 11 aromatic rings. The van der Waals surface area contributed by atoms with Gasteiger partial charge >= 0.3 is 0 Å². The first-order valence-electron chi connectivity index (χ1n) is 25.8. The molecule has 7 heteroatoms. The van der Waals surface area contributed by atoms with Crippen molar-refractivity contribution in [3.63, 3.8) is 0 Å². The Bertz CT molecular complexity index is 4140. The molecule has 0 fully saturated rings. The minimum atomic E-state index is -0.0701. The van der Waals surface area contributed by atoms with Gasteiger partial charge in [-0.2, -0.15) is 5.26 Å². The lowest BCUT2D eigenvalue weighted by Crippen LogP contribution is -2.59. The van der Waals surface area contributed by atoms with Gasteiger partial charge in [0.05, 0.1) is 39.4 Å². The molecule has 360 valence electrons. The Morgan fingerprint density at radius 1 is 0.459 bits per heavy atom. The Hall–Kier alpha value is -7.43. The van der Waals surface area contributed by atoms with Gasteiger partial charge in [-0.1, -0.05) is 170 Å². The van der Waals surface area contributed by atoms with E-state index in [2.05, 4.69) is 246 Å². The van der Waals surface area contributed by atoms with Gasteiger partial charge in [0.25, 0.3) is 0 Å². The van der Waals surface area contributed by atoms with Gasteiger partial charge < -0.3 is 14.0 Å². The number of fused-ring (bicyclic) bond motifs is 10. The first kappa shape index (κ1) is 46.4. The van der Waals surface area contributed by atoms with E-state index < -0.39 is 0 Å². The number of rotatable bonds is 4. The van der Waals surface area contributed by atoms with Gasteiger partial charge in [0.1, 0.15) is 0 Å². The summed E-state index contributed by atoms with van der Waals surface area (Å²) in [6.07, 6.45) is 0. The molecule has 0 amide bonds. The lowest BCUT2D eigenvalue weighted by Gasteiger charge is -2.41. The predicted molar refractivity (Wildman–Crippen MR) is 316 cm³/mol. The number of aromatic nitrogens is 2. The maximum atomic E-state index is 10.0. The maximum Gasteiger partial charge on any atom is 0.249 e. The third-order valence-electron chi connectivity index (χ3n) is 15.7. The maximum absolute atomic E-state index is 10.0. The summed E-state index contributed by atoms with van der Waals surface area (Å²) in [5, 5.41) is 15.5. The zero-order valence-electron chi connectivity index (χ0n) is 43.4. The molecule has 9 aromatic carbocycles. The number of hydrogen-bond donors (Lipinski definition) is 0. The summed E-state index contributed by atoms with van der Waals surface area (Å²) in [6.45, 7) is 20.5. The molecule has 4 nitrogen and oxygen atoms in total. The second kappa shape index (κ2) is 16.5. The summed E-state index contributed by atoms with van der Waals surface area (Å²) in [4.78, 5) is 4.84. The Kier molecular flexibility index (Phi) is 10.4. The fourth-order valence-corrected chi connectivity index (χ4v) is 13.3. The molecule has 2 aliphatic heterocycles. The summed E-state index contributed by atoms with van der Waals surface area (Å²) in [6, 6.07) is 67.7. The molecular formula is C67H56BClN4S. The molecule has 0 unspecified atom stereocenters. The van der Waals surface area contributed by atoms with E-state index in [1.54, 1.807) is 0 Å². The van der Waals surface area contributed by atoms with Crippen LogP contribution >= 0.6 is 23.4 Å². The highest BCUT2D eigenvalue weighted by Gasteiger charge is 2.42.